The van der Waals surface area contributed by atoms with Gasteiger partial charge in [0.2, 0.25) is 0 Å². The van der Waals surface area contributed by atoms with Crippen molar-refractivity contribution in [2.75, 3.05) is 13.7 Å². The summed E-state index contributed by atoms with van der Waals surface area (Å²) in [4.78, 5) is 33.8. The molecule has 6 heteroatoms. The number of rotatable bonds is 6. The van der Waals surface area contributed by atoms with Crippen molar-refractivity contribution in [3.05, 3.63) is 59.9 Å². The van der Waals surface area contributed by atoms with Gasteiger partial charge in [0.15, 0.2) is 12.4 Å². The zero-order chi connectivity index (χ0) is 15.7. The van der Waals surface area contributed by atoms with E-state index in [9.17, 15) is 19.5 Å². The van der Waals surface area contributed by atoms with Crippen LogP contribution in [0.15, 0.2) is 54.3 Å². The summed E-state index contributed by atoms with van der Waals surface area (Å²) in [6, 6.07) is 8.19. The molecule has 0 amide bonds. The Morgan fingerprint density at radius 3 is 2.43 bits per heavy atom. The molecule has 0 fully saturated rings. The minimum atomic E-state index is -0.669. The fourth-order valence-electron chi connectivity index (χ4n) is 1.27. The Labute approximate surface area is 121 Å². The van der Waals surface area contributed by atoms with Crippen molar-refractivity contribution in [1.82, 2.24) is 0 Å². The number of allylic oxidation sites excluding steroid dienone is 1. The number of methoxy groups -OCH3 is 1. The topological polar surface area (TPSA) is 89.9 Å². The Balaban J connectivity index is 2.49. The molecule has 0 atom stereocenters. The fourth-order valence-corrected chi connectivity index (χ4v) is 1.27. The largest absolute Gasteiger partial charge is 0.508 e. The number of carbonyl (C=O) groups excluding carboxylic acids is 3. The maximum atomic E-state index is 11.6. The first-order valence-corrected chi connectivity index (χ1v) is 5.94. The van der Waals surface area contributed by atoms with Gasteiger partial charge in [-0.3, -0.25) is 4.79 Å². The molecule has 0 aliphatic heterocycles. The molecule has 1 rings (SSSR count). The molecule has 110 valence electrons. The van der Waals surface area contributed by atoms with E-state index in [0.717, 1.165) is 18.2 Å². The first-order valence-electron chi connectivity index (χ1n) is 5.94. The third kappa shape index (κ3) is 6.20. The number of ketones is 1. The first-order chi connectivity index (χ1) is 10.0. The lowest BCUT2D eigenvalue weighted by molar-refractivity contribution is -0.134. The van der Waals surface area contributed by atoms with Gasteiger partial charge in [-0.1, -0.05) is 18.2 Å². The molecule has 0 bridgehead atoms. The van der Waals surface area contributed by atoms with E-state index < -0.39 is 30.1 Å². The van der Waals surface area contributed by atoms with Crippen LogP contribution in [-0.2, 0) is 19.1 Å². The van der Waals surface area contributed by atoms with Crippen LogP contribution in [0.1, 0.15) is 10.4 Å². The van der Waals surface area contributed by atoms with Crippen molar-refractivity contribution < 1.29 is 29.0 Å². The third-order valence-corrected chi connectivity index (χ3v) is 2.26. The van der Waals surface area contributed by atoms with Gasteiger partial charge in [0.05, 0.1) is 12.7 Å². The SMILES string of the molecule is COC(=O)/C=C/C(O)=C\C(=O)COC(=O)c1ccccc1. The van der Waals surface area contributed by atoms with Crippen molar-refractivity contribution >= 4 is 17.7 Å². The second kappa shape index (κ2) is 8.31. The van der Waals surface area contributed by atoms with Crippen LogP contribution in [0.3, 0.4) is 0 Å². The van der Waals surface area contributed by atoms with E-state index in [1.54, 1.807) is 30.3 Å². The van der Waals surface area contributed by atoms with Crippen molar-refractivity contribution in [3.63, 3.8) is 0 Å². The Kier molecular flexibility index (Phi) is 6.40. The molecule has 0 aliphatic carbocycles. The Morgan fingerprint density at radius 2 is 1.81 bits per heavy atom. The molecule has 0 unspecified atom stereocenters. The van der Waals surface area contributed by atoms with E-state index >= 15 is 0 Å². The smallest absolute Gasteiger partial charge is 0.338 e. The lowest BCUT2D eigenvalue weighted by Crippen LogP contribution is -2.12. The summed E-state index contributed by atoms with van der Waals surface area (Å²) >= 11 is 0. The highest BCUT2D eigenvalue weighted by molar-refractivity contribution is 5.95. The molecule has 0 radical (unpaired) electrons. The van der Waals surface area contributed by atoms with Crippen molar-refractivity contribution in [1.29, 1.82) is 0 Å². The van der Waals surface area contributed by atoms with Crippen LogP contribution in [0.5, 0.6) is 0 Å². The van der Waals surface area contributed by atoms with Crippen LogP contribution < -0.4 is 0 Å². The van der Waals surface area contributed by atoms with Gasteiger partial charge >= 0.3 is 11.9 Å². The minimum absolute atomic E-state index is 0.323. The quantitative estimate of drug-likeness (QED) is 0.370. The van der Waals surface area contributed by atoms with Crippen LogP contribution in [0, 0.1) is 0 Å². The molecule has 6 nitrogen and oxygen atoms in total. The Hall–Kier alpha value is -2.89. The summed E-state index contributed by atoms with van der Waals surface area (Å²) in [5.41, 5.74) is 0.323. The monoisotopic (exact) mass is 290 g/mol. The average molecular weight is 290 g/mol. The van der Waals surface area contributed by atoms with E-state index in [1.165, 1.54) is 7.11 Å². The van der Waals surface area contributed by atoms with Crippen LogP contribution in [-0.4, -0.2) is 36.5 Å². The number of benzene rings is 1. The van der Waals surface area contributed by atoms with E-state index in [1.807, 2.05) is 0 Å². The molecule has 1 aromatic rings. The van der Waals surface area contributed by atoms with E-state index in [-0.39, 0.29) is 0 Å². The van der Waals surface area contributed by atoms with Crippen LogP contribution >= 0.6 is 0 Å². The summed E-state index contributed by atoms with van der Waals surface area (Å²) in [5, 5.41) is 9.35. The van der Waals surface area contributed by atoms with Gasteiger partial charge in [0.1, 0.15) is 5.76 Å². The zero-order valence-corrected chi connectivity index (χ0v) is 11.3. The molecule has 0 heterocycles. The maximum absolute atomic E-state index is 11.6. The molecule has 0 saturated carbocycles. The highest BCUT2D eigenvalue weighted by Gasteiger charge is 2.08. The van der Waals surface area contributed by atoms with Gasteiger partial charge in [-0.05, 0) is 18.2 Å². The molecule has 1 N–H and O–H groups in total. The fraction of sp³-hybridized carbons (Fsp3) is 0.133. The number of ether oxygens (including phenoxy) is 2. The number of hydrogen-bond donors (Lipinski definition) is 1. The van der Waals surface area contributed by atoms with Gasteiger partial charge in [0.25, 0.3) is 0 Å². The van der Waals surface area contributed by atoms with Gasteiger partial charge in [0, 0.05) is 12.2 Å². The molecule has 1 aromatic carbocycles. The lowest BCUT2D eigenvalue weighted by atomic mass is 10.2. The number of aliphatic hydroxyl groups is 1. The van der Waals surface area contributed by atoms with Gasteiger partial charge in [-0.15, -0.1) is 0 Å². The van der Waals surface area contributed by atoms with Crippen molar-refractivity contribution in [3.8, 4) is 0 Å². The number of aliphatic hydroxyl groups excluding tert-OH is 1. The highest BCUT2D eigenvalue weighted by Crippen LogP contribution is 2.01. The number of carbonyl (C=O) groups is 3. The standard InChI is InChI=1S/C15H14O6/c1-20-14(18)8-7-12(16)9-13(17)10-21-15(19)11-5-3-2-4-6-11/h2-9,16H,10H2,1H3/b8-7+,12-9+. The number of hydrogen-bond acceptors (Lipinski definition) is 6. The summed E-state index contributed by atoms with van der Waals surface area (Å²) in [6.45, 7) is -0.510. The van der Waals surface area contributed by atoms with Crippen LogP contribution in [0.2, 0.25) is 0 Å². The normalized spacial score (nSPS) is 11.2. The van der Waals surface area contributed by atoms with Crippen molar-refractivity contribution in [2.45, 2.75) is 0 Å². The van der Waals surface area contributed by atoms with E-state index in [0.29, 0.717) is 5.56 Å². The summed E-state index contributed by atoms with van der Waals surface area (Å²) in [7, 11) is 1.18. The predicted molar refractivity (Wildman–Crippen MR) is 73.6 cm³/mol. The molecule has 0 aromatic heterocycles. The van der Waals surface area contributed by atoms with Gasteiger partial charge in [-0.25, -0.2) is 9.59 Å². The van der Waals surface area contributed by atoms with Crippen molar-refractivity contribution in [2.24, 2.45) is 0 Å². The summed E-state index contributed by atoms with van der Waals surface area (Å²) < 4.78 is 9.09. The second-order valence-electron chi connectivity index (χ2n) is 3.83. The highest BCUT2D eigenvalue weighted by atomic mass is 16.5. The van der Waals surface area contributed by atoms with E-state index in [4.69, 9.17) is 4.74 Å². The number of esters is 2. The zero-order valence-electron chi connectivity index (χ0n) is 11.3. The molecular formula is C15H14O6. The molecule has 0 saturated heterocycles. The Bertz CT molecular complexity index is 571. The molecular weight excluding hydrogens is 276 g/mol. The van der Waals surface area contributed by atoms with Gasteiger partial charge in [-0.2, -0.15) is 0 Å². The van der Waals surface area contributed by atoms with E-state index in [2.05, 4.69) is 4.74 Å². The summed E-state index contributed by atoms with van der Waals surface area (Å²) in [5.74, 6) is -2.37. The third-order valence-electron chi connectivity index (χ3n) is 2.26. The molecule has 0 spiro atoms. The predicted octanol–water partition coefficient (Wildman–Crippen LogP) is 1.58. The minimum Gasteiger partial charge on any atom is -0.508 e. The first kappa shape index (κ1) is 16.2. The van der Waals surface area contributed by atoms with Crippen LogP contribution in [0.4, 0.5) is 0 Å². The van der Waals surface area contributed by atoms with Crippen LogP contribution in [0.25, 0.3) is 0 Å². The van der Waals surface area contributed by atoms with Gasteiger partial charge < -0.3 is 14.6 Å². The molecule has 21 heavy (non-hydrogen) atoms. The Morgan fingerprint density at radius 1 is 1.14 bits per heavy atom. The maximum Gasteiger partial charge on any atom is 0.338 e. The average Bonchev–Trinajstić information content (AvgIpc) is 2.51. The lowest BCUT2D eigenvalue weighted by Gasteiger charge is -2.02. The molecule has 0 aliphatic rings. The second-order valence-corrected chi connectivity index (χ2v) is 3.83. The summed E-state index contributed by atoms with van der Waals surface area (Å²) in [6.07, 6.45) is 2.80.